The van der Waals surface area contributed by atoms with Gasteiger partial charge in [-0.1, -0.05) is 15.9 Å². The lowest BCUT2D eigenvalue weighted by Crippen LogP contribution is -2.18. The topological polar surface area (TPSA) is 35.2 Å². The largest absolute Gasteiger partial charge is 0.488 e. The Balaban J connectivity index is 2.04. The van der Waals surface area contributed by atoms with Gasteiger partial charge >= 0.3 is 0 Å². The van der Waals surface area contributed by atoms with Gasteiger partial charge in [-0.05, 0) is 59.1 Å². The van der Waals surface area contributed by atoms with Crippen molar-refractivity contribution >= 4 is 43.2 Å². The summed E-state index contributed by atoms with van der Waals surface area (Å²) < 4.78 is 7.99. The summed E-state index contributed by atoms with van der Waals surface area (Å²) in [5.41, 5.74) is 7.03. The van der Waals surface area contributed by atoms with Crippen LogP contribution in [0.4, 0.5) is 0 Å². The third-order valence-electron chi connectivity index (χ3n) is 2.56. The molecule has 0 aliphatic carbocycles. The van der Waals surface area contributed by atoms with Crippen LogP contribution in [-0.2, 0) is 13.0 Å². The fourth-order valence-corrected chi connectivity index (χ4v) is 3.50. The summed E-state index contributed by atoms with van der Waals surface area (Å²) in [7, 11) is 0. The third-order valence-corrected chi connectivity index (χ3v) is 5.01. The van der Waals surface area contributed by atoms with E-state index < -0.39 is 0 Å². The number of benzene rings is 1. The van der Waals surface area contributed by atoms with Crippen molar-refractivity contribution in [2.45, 2.75) is 26.0 Å². The van der Waals surface area contributed by atoms with Gasteiger partial charge in [0.15, 0.2) is 0 Å². The monoisotopic (exact) mass is 403 g/mol. The molecule has 5 heteroatoms. The SMILES string of the molecule is CC(N)Cc1cc(OCc2cc(Br)cs2)ccc1Br. The molecule has 1 heterocycles. The van der Waals surface area contributed by atoms with Crippen molar-refractivity contribution in [2.24, 2.45) is 5.73 Å². The number of hydrogen-bond acceptors (Lipinski definition) is 3. The molecule has 2 N–H and O–H groups in total. The van der Waals surface area contributed by atoms with Crippen LogP contribution in [0.2, 0.25) is 0 Å². The summed E-state index contributed by atoms with van der Waals surface area (Å²) in [5.74, 6) is 0.878. The van der Waals surface area contributed by atoms with Crippen molar-refractivity contribution in [3.8, 4) is 5.75 Å². The molecule has 2 rings (SSSR count). The zero-order valence-corrected chi connectivity index (χ0v) is 14.5. The van der Waals surface area contributed by atoms with Crippen molar-refractivity contribution in [1.82, 2.24) is 0 Å². The second-order valence-electron chi connectivity index (χ2n) is 4.45. The average molecular weight is 405 g/mol. The third kappa shape index (κ3) is 4.60. The normalized spacial score (nSPS) is 12.4. The number of nitrogens with two attached hydrogens (primary N) is 1. The minimum atomic E-state index is 0.139. The van der Waals surface area contributed by atoms with E-state index in [4.69, 9.17) is 10.5 Å². The highest BCUT2D eigenvalue weighted by Gasteiger charge is 2.06. The van der Waals surface area contributed by atoms with Crippen LogP contribution in [0.25, 0.3) is 0 Å². The fraction of sp³-hybridized carbons (Fsp3) is 0.286. The lowest BCUT2D eigenvalue weighted by Gasteiger charge is -2.11. The quantitative estimate of drug-likeness (QED) is 0.780. The predicted octanol–water partition coefficient (Wildman–Crippen LogP) is 4.74. The van der Waals surface area contributed by atoms with Gasteiger partial charge in [0, 0.05) is 25.2 Å². The molecule has 1 aromatic heterocycles. The Hall–Kier alpha value is -0.360. The molecule has 0 saturated heterocycles. The number of ether oxygens (including phenoxy) is 1. The van der Waals surface area contributed by atoms with Gasteiger partial charge < -0.3 is 10.5 Å². The highest BCUT2D eigenvalue weighted by atomic mass is 79.9. The summed E-state index contributed by atoms with van der Waals surface area (Å²) in [6.07, 6.45) is 0.836. The Morgan fingerprint density at radius 3 is 2.74 bits per heavy atom. The number of hydrogen-bond donors (Lipinski definition) is 1. The molecule has 0 spiro atoms. The van der Waals surface area contributed by atoms with E-state index in [1.54, 1.807) is 11.3 Å². The molecular formula is C14H15Br2NOS. The summed E-state index contributed by atoms with van der Waals surface area (Å²) >= 11 is 8.67. The minimum Gasteiger partial charge on any atom is -0.488 e. The molecule has 1 atom stereocenters. The van der Waals surface area contributed by atoms with Gasteiger partial charge in [-0.3, -0.25) is 0 Å². The molecule has 0 saturated carbocycles. The lowest BCUT2D eigenvalue weighted by molar-refractivity contribution is 0.309. The van der Waals surface area contributed by atoms with E-state index in [1.165, 1.54) is 10.4 Å². The zero-order chi connectivity index (χ0) is 13.8. The molecule has 2 aromatic rings. The molecule has 0 radical (unpaired) electrons. The van der Waals surface area contributed by atoms with Gasteiger partial charge in [0.2, 0.25) is 0 Å². The van der Waals surface area contributed by atoms with E-state index in [1.807, 2.05) is 19.1 Å². The van der Waals surface area contributed by atoms with Crippen molar-refractivity contribution in [3.05, 3.63) is 49.0 Å². The Morgan fingerprint density at radius 2 is 2.11 bits per heavy atom. The highest BCUT2D eigenvalue weighted by molar-refractivity contribution is 9.10. The standard InChI is InChI=1S/C14H15Br2NOS/c1-9(17)4-10-5-12(2-3-14(10)16)18-7-13-6-11(15)8-19-13/h2-3,5-6,8-9H,4,7,17H2,1H3. The summed E-state index contributed by atoms with van der Waals surface area (Å²) in [6.45, 7) is 2.60. The van der Waals surface area contributed by atoms with Crippen molar-refractivity contribution in [2.75, 3.05) is 0 Å². The Kier molecular flexibility index (Phi) is 5.45. The van der Waals surface area contributed by atoms with Crippen LogP contribution in [0.1, 0.15) is 17.4 Å². The molecule has 0 aliphatic rings. The van der Waals surface area contributed by atoms with Gasteiger partial charge in [0.1, 0.15) is 12.4 Å². The van der Waals surface area contributed by atoms with Crippen LogP contribution in [0.3, 0.4) is 0 Å². The number of halogens is 2. The molecule has 2 nitrogen and oxygen atoms in total. The van der Waals surface area contributed by atoms with Crippen molar-refractivity contribution in [1.29, 1.82) is 0 Å². The van der Waals surface area contributed by atoms with Crippen LogP contribution in [0, 0.1) is 0 Å². The Bertz CT molecular complexity index is 554. The molecule has 102 valence electrons. The molecule has 19 heavy (non-hydrogen) atoms. The van der Waals surface area contributed by atoms with E-state index in [9.17, 15) is 0 Å². The van der Waals surface area contributed by atoms with E-state index in [2.05, 4.69) is 49.4 Å². The number of thiophene rings is 1. The molecule has 1 unspecified atom stereocenters. The van der Waals surface area contributed by atoms with Gasteiger partial charge in [-0.25, -0.2) is 0 Å². The van der Waals surface area contributed by atoms with Crippen LogP contribution in [0.15, 0.2) is 38.6 Å². The fourth-order valence-electron chi connectivity index (χ4n) is 1.73. The van der Waals surface area contributed by atoms with Crippen molar-refractivity contribution in [3.63, 3.8) is 0 Å². The molecular weight excluding hydrogens is 390 g/mol. The van der Waals surface area contributed by atoms with E-state index in [0.717, 1.165) is 21.1 Å². The van der Waals surface area contributed by atoms with E-state index in [0.29, 0.717) is 6.61 Å². The van der Waals surface area contributed by atoms with Crippen LogP contribution >= 0.6 is 43.2 Å². The predicted molar refractivity (Wildman–Crippen MR) is 87.8 cm³/mol. The minimum absolute atomic E-state index is 0.139. The molecule has 1 aromatic carbocycles. The Labute approximate surface area is 134 Å². The summed E-state index contributed by atoms with van der Waals surface area (Å²) in [5, 5.41) is 2.06. The lowest BCUT2D eigenvalue weighted by atomic mass is 10.1. The van der Waals surface area contributed by atoms with Gasteiger partial charge in [0.25, 0.3) is 0 Å². The molecule has 0 aliphatic heterocycles. The maximum absolute atomic E-state index is 5.85. The first-order chi connectivity index (χ1) is 9.04. The van der Waals surface area contributed by atoms with Gasteiger partial charge in [-0.2, -0.15) is 0 Å². The maximum Gasteiger partial charge on any atom is 0.122 e. The highest BCUT2D eigenvalue weighted by Crippen LogP contribution is 2.26. The van der Waals surface area contributed by atoms with Crippen LogP contribution < -0.4 is 10.5 Å². The van der Waals surface area contributed by atoms with Gasteiger partial charge in [0.05, 0.1) is 0 Å². The molecule has 0 bridgehead atoms. The summed E-state index contributed by atoms with van der Waals surface area (Å²) in [4.78, 5) is 1.20. The molecule has 0 amide bonds. The van der Waals surface area contributed by atoms with E-state index >= 15 is 0 Å². The zero-order valence-electron chi connectivity index (χ0n) is 10.5. The van der Waals surface area contributed by atoms with Gasteiger partial charge in [-0.15, -0.1) is 11.3 Å². The smallest absolute Gasteiger partial charge is 0.122 e. The average Bonchev–Trinajstić information content (AvgIpc) is 2.75. The summed E-state index contributed by atoms with van der Waals surface area (Å²) in [6, 6.07) is 8.25. The second-order valence-corrected chi connectivity index (χ2v) is 7.22. The number of rotatable bonds is 5. The van der Waals surface area contributed by atoms with Crippen molar-refractivity contribution < 1.29 is 4.74 Å². The van der Waals surface area contributed by atoms with Crippen LogP contribution in [-0.4, -0.2) is 6.04 Å². The first-order valence-electron chi connectivity index (χ1n) is 5.94. The van der Waals surface area contributed by atoms with E-state index in [-0.39, 0.29) is 6.04 Å². The van der Waals surface area contributed by atoms with Crippen LogP contribution in [0.5, 0.6) is 5.75 Å². The first kappa shape index (κ1) is 15.0. The second kappa shape index (κ2) is 6.88. The molecule has 0 fully saturated rings. The Morgan fingerprint density at radius 1 is 1.32 bits per heavy atom. The first-order valence-corrected chi connectivity index (χ1v) is 8.41. The maximum atomic E-state index is 5.85.